The van der Waals surface area contributed by atoms with Crippen LogP contribution in [0.3, 0.4) is 0 Å². The summed E-state index contributed by atoms with van der Waals surface area (Å²) in [6.45, 7) is 6.63. The third-order valence-electron chi connectivity index (χ3n) is 3.91. The lowest BCUT2D eigenvalue weighted by Gasteiger charge is -2.25. The number of thioether (sulfide) groups is 1. The summed E-state index contributed by atoms with van der Waals surface area (Å²) in [4.78, 5) is 20.8. The summed E-state index contributed by atoms with van der Waals surface area (Å²) in [5, 5.41) is 6.60. The van der Waals surface area contributed by atoms with Gasteiger partial charge in [0.15, 0.2) is 5.96 Å². The van der Waals surface area contributed by atoms with Gasteiger partial charge in [-0.25, -0.2) is 0 Å². The summed E-state index contributed by atoms with van der Waals surface area (Å²) in [6.07, 6.45) is 5.19. The van der Waals surface area contributed by atoms with Crippen molar-refractivity contribution < 1.29 is 4.79 Å². The zero-order chi connectivity index (χ0) is 17.1. The molecule has 1 fully saturated rings. The number of hydrogen-bond donors (Lipinski definition) is 2. The Kier molecular flexibility index (Phi) is 13.9. The molecule has 24 heavy (non-hydrogen) atoms. The van der Waals surface area contributed by atoms with Crippen LogP contribution in [-0.4, -0.2) is 86.5 Å². The van der Waals surface area contributed by atoms with Crippen LogP contribution in [0, 0.1) is 0 Å². The van der Waals surface area contributed by atoms with Crippen LogP contribution in [0.2, 0.25) is 0 Å². The Morgan fingerprint density at radius 1 is 1.38 bits per heavy atom. The fourth-order valence-electron chi connectivity index (χ4n) is 2.75. The lowest BCUT2D eigenvalue weighted by molar-refractivity contribution is -0.133. The van der Waals surface area contributed by atoms with Gasteiger partial charge in [0.05, 0.1) is 6.04 Å². The van der Waals surface area contributed by atoms with Gasteiger partial charge in [0.25, 0.3) is 0 Å². The number of rotatable bonds is 9. The highest BCUT2D eigenvalue weighted by molar-refractivity contribution is 14.0. The zero-order valence-electron chi connectivity index (χ0n) is 15.5. The van der Waals surface area contributed by atoms with E-state index in [4.69, 9.17) is 0 Å². The molecule has 1 aliphatic rings. The Balaban J connectivity index is 0.00000529. The molecule has 8 heteroatoms. The lowest BCUT2D eigenvalue weighted by atomic mass is 10.2. The van der Waals surface area contributed by atoms with E-state index in [0.717, 1.165) is 63.7 Å². The summed E-state index contributed by atoms with van der Waals surface area (Å²) in [7, 11) is 3.68. The van der Waals surface area contributed by atoms with Gasteiger partial charge in [0.1, 0.15) is 0 Å². The Labute approximate surface area is 168 Å². The number of aliphatic imine (C=N–C) groups is 1. The van der Waals surface area contributed by atoms with Crippen molar-refractivity contribution in [1.29, 1.82) is 0 Å². The summed E-state index contributed by atoms with van der Waals surface area (Å²) < 4.78 is 0. The van der Waals surface area contributed by atoms with Gasteiger partial charge in [-0.2, -0.15) is 11.8 Å². The number of likely N-dealkylation sites (tertiary alicyclic amines) is 1. The Morgan fingerprint density at radius 2 is 2.12 bits per heavy atom. The number of nitrogens with zero attached hydrogens (tertiary/aromatic N) is 3. The molecular weight excluding hydrogens is 437 g/mol. The molecule has 6 nitrogen and oxygen atoms in total. The molecular formula is C16H34IN5OS. The first-order valence-electron chi connectivity index (χ1n) is 8.56. The highest BCUT2D eigenvalue weighted by Crippen LogP contribution is 2.18. The third kappa shape index (κ3) is 8.75. The van der Waals surface area contributed by atoms with Gasteiger partial charge in [-0.1, -0.05) is 0 Å². The van der Waals surface area contributed by atoms with Gasteiger partial charge in [-0.3, -0.25) is 14.7 Å². The molecule has 0 spiro atoms. The molecule has 0 aliphatic carbocycles. The number of guanidine groups is 1. The van der Waals surface area contributed by atoms with E-state index in [9.17, 15) is 4.79 Å². The zero-order valence-corrected chi connectivity index (χ0v) is 18.7. The van der Waals surface area contributed by atoms with Crippen LogP contribution in [0.5, 0.6) is 0 Å². The van der Waals surface area contributed by atoms with Crippen LogP contribution >= 0.6 is 35.7 Å². The average molecular weight is 471 g/mol. The first-order chi connectivity index (χ1) is 11.1. The molecule has 0 aromatic carbocycles. The van der Waals surface area contributed by atoms with Gasteiger partial charge in [-0.15, -0.1) is 24.0 Å². The highest BCUT2D eigenvalue weighted by Gasteiger charge is 2.30. The van der Waals surface area contributed by atoms with Crippen LogP contribution in [-0.2, 0) is 4.79 Å². The maximum atomic E-state index is 12.2. The van der Waals surface area contributed by atoms with Crippen molar-refractivity contribution >= 4 is 47.6 Å². The lowest BCUT2D eigenvalue weighted by Crippen LogP contribution is -2.43. The quantitative estimate of drug-likeness (QED) is 0.231. The minimum atomic E-state index is 0. The molecule has 0 aromatic heterocycles. The number of carbonyl (C=O) groups excluding carboxylic acids is 1. The molecule has 1 amide bonds. The van der Waals surface area contributed by atoms with Crippen LogP contribution in [0.1, 0.15) is 26.2 Å². The second-order valence-corrected chi connectivity index (χ2v) is 6.95. The van der Waals surface area contributed by atoms with Crippen molar-refractivity contribution in [3.63, 3.8) is 0 Å². The fourth-order valence-corrected chi connectivity index (χ4v) is 3.06. The predicted octanol–water partition coefficient (Wildman–Crippen LogP) is 1.47. The average Bonchev–Trinajstić information content (AvgIpc) is 2.99. The van der Waals surface area contributed by atoms with E-state index >= 15 is 0 Å². The fraction of sp³-hybridized carbons (Fsp3) is 0.875. The van der Waals surface area contributed by atoms with Gasteiger partial charge in [0, 0.05) is 46.0 Å². The highest BCUT2D eigenvalue weighted by atomic mass is 127. The Hall–Kier alpha value is -0.220. The van der Waals surface area contributed by atoms with E-state index in [2.05, 4.69) is 33.7 Å². The van der Waals surface area contributed by atoms with E-state index in [-0.39, 0.29) is 35.9 Å². The molecule has 1 saturated heterocycles. The van der Waals surface area contributed by atoms with Gasteiger partial charge < -0.3 is 15.5 Å². The van der Waals surface area contributed by atoms with E-state index in [1.807, 2.05) is 25.9 Å². The van der Waals surface area contributed by atoms with Crippen molar-refractivity contribution in [1.82, 2.24) is 20.4 Å². The van der Waals surface area contributed by atoms with E-state index in [0.29, 0.717) is 0 Å². The van der Waals surface area contributed by atoms with Crippen molar-refractivity contribution in [2.24, 2.45) is 4.99 Å². The molecule has 1 heterocycles. The summed E-state index contributed by atoms with van der Waals surface area (Å²) >= 11 is 1.82. The molecule has 1 aliphatic heterocycles. The minimum Gasteiger partial charge on any atom is -0.357 e. The number of carbonyl (C=O) groups is 1. The molecule has 2 N–H and O–H groups in total. The molecule has 1 atom stereocenters. The van der Waals surface area contributed by atoms with E-state index in [1.165, 1.54) is 0 Å². The minimum absolute atomic E-state index is 0. The molecule has 0 bridgehead atoms. The van der Waals surface area contributed by atoms with E-state index < -0.39 is 0 Å². The summed E-state index contributed by atoms with van der Waals surface area (Å²) in [5.41, 5.74) is 0. The summed E-state index contributed by atoms with van der Waals surface area (Å²) in [5.74, 6) is 2.20. The maximum absolute atomic E-state index is 12.2. The monoisotopic (exact) mass is 471 g/mol. The van der Waals surface area contributed by atoms with Crippen molar-refractivity contribution in [2.75, 3.05) is 58.8 Å². The summed E-state index contributed by atoms with van der Waals surface area (Å²) in [6, 6.07) is 0.0712. The Bertz CT molecular complexity index is 381. The number of hydrogen-bond acceptors (Lipinski definition) is 4. The first kappa shape index (κ1) is 23.8. The smallest absolute Gasteiger partial charge is 0.239 e. The third-order valence-corrected chi connectivity index (χ3v) is 4.52. The predicted molar refractivity (Wildman–Crippen MR) is 116 cm³/mol. The molecule has 142 valence electrons. The molecule has 0 saturated carbocycles. The molecule has 1 unspecified atom stereocenters. The normalized spacial score (nSPS) is 18.2. The number of nitrogens with one attached hydrogen (secondary N) is 2. The molecule has 1 rings (SSSR count). The van der Waals surface area contributed by atoms with Crippen LogP contribution < -0.4 is 10.6 Å². The van der Waals surface area contributed by atoms with Gasteiger partial charge in [0.2, 0.25) is 5.91 Å². The number of amides is 1. The van der Waals surface area contributed by atoms with Crippen molar-refractivity contribution in [2.45, 2.75) is 32.2 Å². The van der Waals surface area contributed by atoms with E-state index in [1.54, 1.807) is 4.90 Å². The topological polar surface area (TPSA) is 60.0 Å². The molecule has 0 aromatic rings. The molecule has 0 radical (unpaired) electrons. The van der Waals surface area contributed by atoms with Crippen molar-refractivity contribution in [3.8, 4) is 0 Å². The van der Waals surface area contributed by atoms with Crippen LogP contribution in [0.25, 0.3) is 0 Å². The van der Waals surface area contributed by atoms with Crippen molar-refractivity contribution in [3.05, 3.63) is 0 Å². The SMILES string of the molecule is CCNC(=NCCCN1CCCC1C(=O)N(C)C)NCCSC.I. The number of halogens is 1. The van der Waals surface area contributed by atoms with Crippen LogP contribution in [0.4, 0.5) is 0 Å². The standard InChI is InChI=1S/C16H33N5OS.HI/c1-5-17-16(19-10-13-23-4)18-9-7-12-21-11-6-8-14(21)15(22)20(2)3;/h14H,5-13H2,1-4H3,(H2,17,18,19);1H. The maximum Gasteiger partial charge on any atom is 0.239 e. The Morgan fingerprint density at radius 3 is 2.75 bits per heavy atom. The second-order valence-electron chi connectivity index (χ2n) is 5.96. The van der Waals surface area contributed by atoms with Gasteiger partial charge in [-0.05, 0) is 39.0 Å². The number of likely N-dealkylation sites (N-methyl/N-ethyl adjacent to an activating group) is 1. The first-order valence-corrected chi connectivity index (χ1v) is 9.95. The largest absolute Gasteiger partial charge is 0.357 e. The van der Waals surface area contributed by atoms with Crippen LogP contribution in [0.15, 0.2) is 4.99 Å². The van der Waals surface area contributed by atoms with Gasteiger partial charge >= 0.3 is 0 Å². The second kappa shape index (κ2) is 14.0.